The molecule has 0 saturated carbocycles. The number of benzene rings is 2. The van der Waals surface area contributed by atoms with Crippen LogP contribution < -0.4 is 4.74 Å². The second-order valence-corrected chi connectivity index (χ2v) is 7.33. The summed E-state index contributed by atoms with van der Waals surface area (Å²) in [7, 11) is 0. The highest BCUT2D eigenvalue weighted by atomic mass is 79.9. The summed E-state index contributed by atoms with van der Waals surface area (Å²) in [6, 6.07) is 20.8. The predicted octanol–water partition coefficient (Wildman–Crippen LogP) is 6.29. The summed E-state index contributed by atoms with van der Waals surface area (Å²) in [5, 5.41) is 3.79. The molecule has 2 aromatic carbocycles. The zero-order valence-electron chi connectivity index (χ0n) is 15.5. The Morgan fingerprint density at radius 1 is 0.900 bits per heavy atom. The molecule has 0 spiro atoms. The van der Waals surface area contributed by atoms with Gasteiger partial charge in [-0.3, -0.25) is 0 Å². The highest BCUT2D eigenvalue weighted by molar-refractivity contribution is 9.10. The van der Waals surface area contributed by atoms with E-state index in [0.717, 1.165) is 27.0 Å². The quantitative estimate of drug-likeness (QED) is 0.341. The average molecular weight is 474 g/mol. The molecule has 4 rings (SSSR count). The number of hydrogen-bond donors (Lipinski definition) is 0. The SMILES string of the molecule is FC(F)(F)c1ccnn1-c1cccc(-c2ccccc2OCc2ccc(Br)cc2)n1. The zero-order chi connectivity index (χ0) is 21.1. The van der Waals surface area contributed by atoms with E-state index in [-0.39, 0.29) is 5.82 Å². The summed E-state index contributed by atoms with van der Waals surface area (Å²) >= 11 is 3.40. The molecular weight excluding hydrogens is 459 g/mol. The van der Waals surface area contributed by atoms with Gasteiger partial charge in [0, 0.05) is 10.0 Å². The van der Waals surface area contributed by atoms with Crippen LogP contribution in [0.4, 0.5) is 13.2 Å². The lowest BCUT2D eigenvalue weighted by molar-refractivity contribution is -0.142. The normalized spacial score (nSPS) is 11.5. The molecule has 0 atom stereocenters. The lowest BCUT2D eigenvalue weighted by Crippen LogP contribution is -2.14. The minimum Gasteiger partial charge on any atom is -0.488 e. The van der Waals surface area contributed by atoms with Crippen molar-refractivity contribution in [2.75, 3.05) is 0 Å². The standard InChI is InChI=1S/C22H15BrF3N3O/c23-16-10-8-15(9-11-16)14-30-19-6-2-1-4-17(19)18-5-3-7-21(28-18)29-20(12-13-27-29)22(24,25)26/h1-13H,14H2. The number of pyridine rings is 1. The van der Waals surface area contributed by atoms with Gasteiger partial charge in [-0.15, -0.1) is 0 Å². The lowest BCUT2D eigenvalue weighted by atomic mass is 10.1. The first-order valence-corrected chi connectivity index (χ1v) is 9.76. The number of aromatic nitrogens is 3. The van der Waals surface area contributed by atoms with Gasteiger partial charge in [0.05, 0.1) is 11.9 Å². The Hall–Kier alpha value is -3.13. The summed E-state index contributed by atoms with van der Waals surface area (Å²) in [4.78, 5) is 4.40. The van der Waals surface area contributed by atoms with Gasteiger partial charge in [-0.2, -0.15) is 18.3 Å². The van der Waals surface area contributed by atoms with Gasteiger partial charge in [0.2, 0.25) is 0 Å². The molecule has 152 valence electrons. The van der Waals surface area contributed by atoms with E-state index >= 15 is 0 Å². The summed E-state index contributed by atoms with van der Waals surface area (Å²) in [6.45, 7) is 0.349. The van der Waals surface area contributed by atoms with Crippen LogP contribution in [0.5, 0.6) is 5.75 Å². The van der Waals surface area contributed by atoms with Crippen LogP contribution in [0.25, 0.3) is 17.1 Å². The Morgan fingerprint density at radius 3 is 2.43 bits per heavy atom. The third kappa shape index (κ3) is 4.38. The molecule has 2 aromatic heterocycles. The van der Waals surface area contributed by atoms with Gasteiger partial charge in [-0.1, -0.05) is 46.3 Å². The first-order chi connectivity index (χ1) is 14.4. The highest BCUT2D eigenvalue weighted by Gasteiger charge is 2.35. The Balaban J connectivity index is 1.65. The Labute approximate surface area is 179 Å². The topological polar surface area (TPSA) is 39.9 Å². The molecule has 0 fully saturated rings. The second-order valence-electron chi connectivity index (χ2n) is 6.42. The number of halogens is 4. The smallest absolute Gasteiger partial charge is 0.433 e. The second kappa shape index (κ2) is 8.31. The largest absolute Gasteiger partial charge is 0.488 e. The van der Waals surface area contributed by atoms with Crippen molar-refractivity contribution in [1.29, 1.82) is 0 Å². The minimum absolute atomic E-state index is 0.0764. The molecular formula is C22H15BrF3N3O. The maximum absolute atomic E-state index is 13.2. The third-order valence-corrected chi connectivity index (χ3v) is 4.88. The molecule has 0 bridgehead atoms. The maximum Gasteiger partial charge on any atom is 0.433 e. The summed E-state index contributed by atoms with van der Waals surface area (Å²) in [6.07, 6.45) is -3.42. The number of rotatable bonds is 5. The molecule has 8 heteroatoms. The van der Waals surface area contributed by atoms with E-state index in [1.54, 1.807) is 18.2 Å². The van der Waals surface area contributed by atoms with Gasteiger partial charge in [0.25, 0.3) is 0 Å². The third-order valence-electron chi connectivity index (χ3n) is 4.36. The molecule has 30 heavy (non-hydrogen) atoms. The average Bonchev–Trinajstić information content (AvgIpc) is 3.24. The molecule has 0 N–H and O–H groups in total. The fourth-order valence-electron chi connectivity index (χ4n) is 2.94. The maximum atomic E-state index is 13.2. The molecule has 0 radical (unpaired) electrons. The Bertz CT molecular complexity index is 1160. The number of para-hydroxylation sites is 1. The number of hydrogen-bond acceptors (Lipinski definition) is 3. The van der Waals surface area contributed by atoms with E-state index in [4.69, 9.17) is 4.74 Å². The molecule has 4 aromatic rings. The number of ether oxygens (including phenoxy) is 1. The molecule has 0 aliphatic heterocycles. The number of alkyl halides is 3. The van der Waals surface area contributed by atoms with Crippen LogP contribution >= 0.6 is 15.9 Å². The van der Waals surface area contributed by atoms with Crippen LogP contribution in [0.3, 0.4) is 0 Å². The fraction of sp³-hybridized carbons (Fsp3) is 0.0909. The van der Waals surface area contributed by atoms with Gasteiger partial charge < -0.3 is 4.74 Å². The molecule has 0 unspecified atom stereocenters. The van der Waals surface area contributed by atoms with Crippen LogP contribution in [-0.2, 0) is 12.8 Å². The van der Waals surface area contributed by atoms with E-state index in [1.807, 2.05) is 42.5 Å². The predicted molar refractivity (Wildman–Crippen MR) is 110 cm³/mol. The van der Waals surface area contributed by atoms with Crippen molar-refractivity contribution >= 4 is 15.9 Å². The first-order valence-electron chi connectivity index (χ1n) is 8.97. The van der Waals surface area contributed by atoms with Crippen LogP contribution in [0.15, 0.2) is 83.5 Å². The van der Waals surface area contributed by atoms with Gasteiger partial charge in [-0.25, -0.2) is 9.67 Å². The molecule has 0 aliphatic rings. The van der Waals surface area contributed by atoms with E-state index in [9.17, 15) is 13.2 Å². The van der Waals surface area contributed by atoms with Crippen molar-refractivity contribution in [3.8, 4) is 22.8 Å². The van der Waals surface area contributed by atoms with Gasteiger partial charge in [-0.05, 0) is 48.0 Å². The van der Waals surface area contributed by atoms with Crippen LogP contribution in [0.2, 0.25) is 0 Å². The fourth-order valence-corrected chi connectivity index (χ4v) is 3.20. The summed E-state index contributed by atoms with van der Waals surface area (Å²) < 4.78 is 47.4. The van der Waals surface area contributed by atoms with Gasteiger partial charge >= 0.3 is 6.18 Å². The Kier molecular flexibility index (Phi) is 5.59. The molecule has 0 saturated heterocycles. The van der Waals surface area contributed by atoms with Crippen LogP contribution in [-0.4, -0.2) is 14.8 Å². The van der Waals surface area contributed by atoms with E-state index in [2.05, 4.69) is 26.0 Å². The molecule has 0 aliphatic carbocycles. The van der Waals surface area contributed by atoms with Crippen molar-refractivity contribution in [2.45, 2.75) is 12.8 Å². The van der Waals surface area contributed by atoms with Crippen molar-refractivity contribution in [3.63, 3.8) is 0 Å². The van der Waals surface area contributed by atoms with Crippen LogP contribution in [0, 0.1) is 0 Å². The van der Waals surface area contributed by atoms with Crippen molar-refractivity contribution in [3.05, 3.63) is 94.7 Å². The number of nitrogens with zero attached hydrogens (tertiary/aromatic N) is 3. The van der Waals surface area contributed by atoms with E-state index in [1.165, 1.54) is 6.07 Å². The van der Waals surface area contributed by atoms with Gasteiger partial charge in [0.1, 0.15) is 18.1 Å². The lowest BCUT2D eigenvalue weighted by Gasteiger charge is -2.13. The summed E-state index contributed by atoms with van der Waals surface area (Å²) in [5.41, 5.74) is 1.27. The highest BCUT2D eigenvalue weighted by Crippen LogP contribution is 2.32. The van der Waals surface area contributed by atoms with Crippen molar-refractivity contribution in [2.24, 2.45) is 0 Å². The molecule has 0 amide bonds. The Morgan fingerprint density at radius 2 is 1.67 bits per heavy atom. The molecule has 4 nitrogen and oxygen atoms in total. The van der Waals surface area contributed by atoms with E-state index < -0.39 is 11.9 Å². The van der Waals surface area contributed by atoms with Crippen molar-refractivity contribution < 1.29 is 17.9 Å². The van der Waals surface area contributed by atoms with E-state index in [0.29, 0.717) is 23.6 Å². The minimum atomic E-state index is -4.53. The molecule has 2 heterocycles. The first kappa shape index (κ1) is 20.2. The van der Waals surface area contributed by atoms with Crippen molar-refractivity contribution in [1.82, 2.24) is 14.8 Å². The monoisotopic (exact) mass is 473 g/mol. The zero-order valence-corrected chi connectivity index (χ0v) is 17.1. The summed E-state index contributed by atoms with van der Waals surface area (Å²) in [5.74, 6) is 0.661. The van der Waals surface area contributed by atoms with Crippen LogP contribution in [0.1, 0.15) is 11.3 Å². The van der Waals surface area contributed by atoms with Gasteiger partial charge in [0.15, 0.2) is 5.82 Å².